The van der Waals surface area contributed by atoms with Gasteiger partial charge in [-0.1, -0.05) is 37.6 Å². The van der Waals surface area contributed by atoms with E-state index in [4.69, 9.17) is 9.47 Å². The SMILES string of the molecule is CCCCOc1cccc2c(OCCOC(=O)C(F)(F)SOO[O-])cccc12. The third kappa shape index (κ3) is 6.20. The van der Waals surface area contributed by atoms with E-state index in [1.54, 1.807) is 12.1 Å². The van der Waals surface area contributed by atoms with Crippen LogP contribution in [0.25, 0.3) is 10.8 Å². The molecule has 0 atom stereocenters. The molecule has 0 radical (unpaired) electrons. The molecule has 7 nitrogen and oxygen atoms in total. The second kappa shape index (κ2) is 11.0. The zero-order chi connectivity index (χ0) is 20.4. The summed E-state index contributed by atoms with van der Waals surface area (Å²) in [5.41, 5.74) is 0. The largest absolute Gasteiger partial charge is 0.691 e. The summed E-state index contributed by atoms with van der Waals surface area (Å²) >= 11 is -0.745. The van der Waals surface area contributed by atoms with Crippen molar-refractivity contribution in [3.8, 4) is 11.5 Å². The second-order valence-corrected chi connectivity index (χ2v) is 6.35. The first-order valence-corrected chi connectivity index (χ1v) is 9.20. The zero-order valence-corrected chi connectivity index (χ0v) is 15.8. The van der Waals surface area contributed by atoms with Gasteiger partial charge in [0.05, 0.1) is 6.61 Å². The molecule has 0 aromatic heterocycles. The van der Waals surface area contributed by atoms with E-state index in [0.717, 1.165) is 29.4 Å². The van der Waals surface area contributed by atoms with Gasteiger partial charge in [0.15, 0.2) is 0 Å². The van der Waals surface area contributed by atoms with Gasteiger partial charge >= 0.3 is 11.2 Å². The number of fused-ring (bicyclic) bond motifs is 1. The Morgan fingerprint density at radius 3 is 2.21 bits per heavy atom. The molecule has 0 amide bonds. The van der Waals surface area contributed by atoms with Gasteiger partial charge in [-0.3, -0.25) is 5.04 Å². The van der Waals surface area contributed by atoms with Crippen molar-refractivity contribution in [1.82, 2.24) is 0 Å². The quantitative estimate of drug-likeness (QED) is 0.171. The van der Waals surface area contributed by atoms with Crippen molar-refractivity contribution in [3.63, 3.8) is 0 Å². The summed E-state index contributed by atoms with van der Waals surface area (Å²) in [6.07, 6.45) is 1.96. The molecule has 0 aliphatic rings. The Bertz CT molecular complexity index is 773. The molecule has 0 fully saturated rings. The Morgan fingerprint density at radius 1 is 1.04 bits per heavy atom. The van der Waals surface area contributed by atoms with E-state index >= 15 is 0 Å². The van der Waals surface area contributed by atoms with Gasteiger partial charge in [0.1, 0.15) is 36.8 Å². The van der Waals surface area contributed by atoms with Gasteiger partial charge in [-0.05, 0) is 18.6 Å². The van der Waals surface area contributed by atoms with Gasteiger partial charge in [-0.15, -0.1) is 0 Å². The standard InChI is InChI=1S/C18H20F2O7S/c1-2-3-10-23-15-8-4-7-14-13(15)6-5-9-16(14)24-11-12-25-17(21)18(19,20)28-27-26-22/h4-9,22H,2-3,10-12H2,1H3/p-1. The third-order valence-electron chi connectivity index (χ3n) is 3.58. The summed E-state index contributed by atoms with van der Waals surface area (Å²) in [5.74, 6) is -0.651. The number of alkyl halides is 2. The van der Waals surface area contributed by atoms with E-state index in [-0.39, 0.29) is 6.61 Å². The van der Waals surface area contributed by atoms with E-state index in [0.29, 0.717) is 12.4 Å². The minimum absolute atomic E-state index is 0.147. The van der Waals surface area contributed by atoms with Crippen molar-refractivity contribution in [2.24, 2.45) is 0 Å². The normalized spacial score (nSPS) is 11.4. The highest BCUT2D eigenvalue weighted by Gasteiger charge is 2.43. The zero-order valence-electron chi connectivity index (χ0n) is 15.0. The minimum Gasteiger partial charge on any atom is -0.691 e. The number of hydrogen-bond acceptors (Lipinski definition) is 8. The van der Waals surface area contributed by atoms with Crippen LogP contribution in [0.2, 0.25) is 0 Å². The van der Waals surface area contributed by atoms with Crippen molar-refractivity contribution in [2.75, 3.05) is 19.8 Å². The topological polar surface area (TPSA) is 86.3 Å². The Balaban J connectivity index is 1.94. The molecule has 2 aromatic carbocycles. The third-order valence-corrected chi connectivity index (χ3v) is 4.08. The molecule has 0 heterocycles. The lowest BCUT2D eigenvalue weighted by Crippen LogP contribution is -2.29. The summed E-state index contributed by atoms with van der Waals surface area (Å²) in [6.45, 7) is 2.11. The summed E-state index contributed by atoms with van der Waals surface area (Å²) in [7, 11) is 0. The minimum atomic E-state index is -4.07. The predicted molar refractivity (Wildman–Crippen MR) is 95.5 cm³/mol. The highest BCUT2D eigenvalue weighted by atomic mass is 32.2. The summed E-state index contributed by atoms with van der Waals surface area (Å²) in [4.78, 5) is 11.3. The van der Waals surface area contributed by atoms with E-state index in [2.05, 4.69) is 21.0 Å². The van der Waals surface area contributed by atoms with E-state index < -0.39 is 29.9 Å². The molecule has 0 N–H and O–H groups in total. The maximum absolute atomic E-state index is 13.2. The molecule has 28 heavy (non-hydrogen) atoms. The van der Waals surface area contributed by atoms with Crippen LogP contribution in [0.15, 0.2) is 36.4 Å². The molecule has 0 saturated carbocycles. The second-order valence-electron chi connectivity index (χ2n) is 5.53. The molecule has 0 spiro atoms. The van der Waals surface area contributed by atoms with E-state index in [1.807, 2.05) is 24.3 Å². The van der Waals surface area contributed by atoms with Crippen LogP contribution in [-0.2, 0) is 18.9 Å². The van der Waals surface area contributed by atoms with Crippen molar-refractivity contribution in [2.45, 2.75) is 25.0 Å². The summed E-state index contributed by atoms with van der Waals surface area (Å²) in [5, 5.41) is 9.91. The van der Waals surface area contributed by atoms with Crippen molar-refractivity contribution < 1.29 is 42.4 Å². The van der Waals surface area contributed by atoms with Crippen LogP contribution in [-0.4, -0.2) is 31.0 Å². The Morgan fingerprint density at radius 2 is 1.64 bits per heavy atom. The Kier molecular flexibility index (Phi) is 8.71. The lowest BCUT2D eigenvalue weighted by Gasteiger charge is -2.15. The number of ether oxygens (including phenoxy) is 3. The molecule has 0 unspecified atom stereocenters. The number of esters is 1. The first kappa shape index (κ1) is 22.2. The van der Waals surface area contributed by atoms with Gasteiger partial charge in [0.25, 0.3) is 0 Å². The van der Waals surface area contributed by atoms with Gasteiger partial charge in [0, 0.05) is 10.8 Å². The van der Waals surface area contributed by atoms with Crippen LogP contribution >= 0.6 is 12.0 Å². The molecule has 2 rings (SSSR count). The molecular weight excluding hydrogens is 398 g/mol. The van der Waals surface area contributed by atoms with Gasteiger partial charge < -0.3 is 19.5 Å². The Hall–Kier alpha value is -2.14. The van der Waals surface area contributed by atoms with Crippen LogP contribution in [0.4, 0.5) is 8.78 Å². The fourth-order valence-electron chi connectivity index (χ4n) is 2.29. The fourth-order valence-corrected chi connectivity index (χ4v) is 2.53. The highest BCUT2D eigenvalue weighted by Crippen LogP contribution is 2.33. The lowest BCUT2D eigenvalue weighted by molar-refractivity contribution is -0.777. The number of carbonyl (C=O) groups is 1. The first-order valence-electron chi connectivity index (χ1n) is 8.46. The first-order chi connectivity index (χ1) is 13.5. The van der Waals surface area contributed by atoms with Gasteiger partial charge in [-0.2, -0.15) is 13.1 Å². The predicted octanol–water partition coefficient (Wildman–Crippen LogP) is 3.41. The van der Waals surface area contributed by atoms with E-state index in [9.17, 15) is 18.8 Å². The number of hydrogen-bond donors (Lipinski definition) is 0. The van der Waals surface area contributed by atoms with E-state index in [1.165, 1.54) is 0 Å². The number of halogens is 2. The number of rotatable bonds is 12. The molecule has 154 valence electrons. The molecule has 0 aliphatic heterocycles. The maximum Gasteiger partial charge on any atom is 0.415 e. The van der Waals surface area contributed by atoms with Crippen molar-refractivity contribution in [1.29, 1.82) is 0 Å². The average Bonchev–Trinajstić information content (AvgIpc) is 2.70. The molecule has 10 heteroatoms. The molecular formula is C18H19F2O7S-. The number of carbonyl (C=O) groups excluding carboxylic acids is 1. The molecule has 0 aliphatic carbocycles. The van der Waals surface area contributed by atoms with Crippen LogP contribution < -0.4 is 14.7 Å². The maximum atomic E-state index is 13.2. The average molecular weight is 417 g/mol. The Labute approximate surface area is 164 Å². The highest BCUT2D eigenvalue weighted by molar-refractivity contribution is 7.96. The van der Waals surface area contributed by atoms with Crippen molar-refractivity contribution in [3.05, 3.63) is 36.4 Å². The van der Waals surface area contributed by atoms with Crippen LogP contribution in [0.5, 0.6) is 11.5 Å². The molecule has 0 saturated heterocycles. The summed E-state index contributed by atoms with van der Waals surface area (Å²) in [6, 6.07) is 10.9. The van der Waals surface area contributed by atoms with Crippen LogP contribution in [0.1, 0.15) is 19.8 Å². The number of unbranched alkanes of at least 4 members (excludes halogenated alkanes) is 1. The smallest absolute Gasteiger partial charge is 0.415 e. The van der Waals surface area contributed by atoms with Gasteiger partial charge in [0.2, 0.25) is 0 Å². The lowest BCUT2D eigenvalue weighted by atomic mass is 10.1. The fraction of sp³-hybridized carbons (Fsp3) is 0.389. The van der Waals surface area contributed by atoms with Gasteiger partial charge in [-0.25, -0.2) is 4.79 Å². The summed E-state index contributed by atoms with van der Waals surface area (Å²) < 4.78 is 45.7. The number of benzene rings is 2. The molecule has 2 aromatic rings. The monoisotopic (exact) mass is 417 g/mol. The van der Waals surface area contributed by atoms with Crippen LogP contribution in [0, 0.1) is 0 Å². The van der Waals surface area contributed by atoms with Crippen molar-refractivity contribution >= 4 is 28.8 Å². The molecule has 0 bridgehead atoms. The van der Waals surface area contributed by atoms with Crippen LogP contribution in [0.3, 0.4) is 0 Å².